The van der Waals surface area contributed by atoms with Gasteiger partial charge in [0.1, 0.15) is 0 Å². The van der Waals surface area contributed by atoms with Gasteiger partial charge in [0.2, 0.25) is 0 Å². The normalized spacial score (nSPS) is 15.8. The van der Waals surface area contributed by atoms with Crippen LogP contribution < -0.4 is 10.2 Å². The van der Waals surface area contributed by atoms with E-state index in [1.165, 1.54) is 0 Å². The molecule has 1 aliphatic rings. The highest BCUT2D eigenvalue weighted by Gasteiger charge is 2.20. The van der Waals surface area contributed by atoms with E-state index in [0.717, 1.165) is 43.2 Å². The Balaban J connectivity index is 1.65. The maximum absolute atomic E-state index is 12.5. The molecule has 0 aliphatic carbocycles. The first kappa shape index (κ1) is 16.5. The molecule has 0 bridgehead atoms. The summed E-state index contributed by atoms with van der Waals surface area (Å²) < 4.78 is 10.7. The van der Waals surface area contributed by atoms with Gasteiger partial charge in [0.05, 0.1) is 13.2 Å². The number of carbonyl (C=O) groups is 1. The molecule has 1 heterocycles. The summed E-state index contributed by atoms with van der Waals surface area (Å²) in [7, 11) is 1.54. The van der Waals surface area contributed by atoms with Crippen LogP contribution in [0.15, 0.2) is 54.6 Å². The van der Waals surface area contributed by atoms with E-state index in [-0.39, 0.29) is 5.91 Å². The van der Waals surface area contributed by atoms with Crippen LogP contribution in [0.2, 0.25) is 0 Å². The Labute approximate surface area is 142 Å². The number of carbonyl (C=O) groups excluding carboxylic acids is 1. The second kappa shape index (κ2) is 7.95. The van der Waals surface area contributed by atoms with Crippen molar-refractivity contribution in [3.05, 3.63) is 60.2 Å². The fraction of sp³-hybridized carbons (Fsp3) is 0.316. The van der Waals surface area contributed by atoms with E-state index >= 15 is 0 Å². The van der Waals surface area contributed by atoms with E-state index in [2.05, 4.69) is 10.2 Å². The predicted molar refractivity (Wildman–Crippen MR) is 94.3 cm³/mol. The largest absolute Gasteiger partial charge is 0.378 e. The average molecular weight is 326 g/mol. The molecule has 5 heteroatoms. The zero-order chi connectivity index (χ0) is 16.8. The third-order valence-corrected chi connectivity index (χ3v) is 4.09. The van der Waals surface area contributed by atoms with Crippen molar-refractivity contribution in [2.75, 3.05) is 43.6 Å². The molecule has 24 heavy (non-hydrogen) atoms. The van der Waals surface area contributed by atoms with Gasteiger partial charge in [-0.2, -0.15) is 0 Å². The number of benzene rings is 2. The van der Waals surface area contributed by atoms with Crippen LogP contribution >= 0.6 is 0 Å². The molecule has 126 valence electrons. The minimum Gasteiger partial charge on any atom is -0.378 e. The highest BCUT2D eigenvalue weighted by Crippen LogP contribution is 2.22. The smallest absolute Gasteiger partial charge is 0.258 e. The summed E-state index contributed by atoms with van der Waals surface area (Å²) in [6.07, 6.45) is -0.620. The van der Waals surface area contributed by atoms with Crippen molar-refractivity contribution in [1.82, 2.24) is 0 Å². The summed E-state index contributed by atoms with van der Waals surface area (Å²) in [5.41, 5.74) is 2.74. The summed E-state index contributed by atoms with van der Waals surface area (Å²) in [5, 5.41) is 2.91. The van der Waals surface area contributed by atoms with E-state index in [1.54, 1.807) is 7.11 Å². The molecule has 1 saturated heterocycles. The third kappa shape index (κ3) is 3.93. The standard InChI is InChI=1S/C19H22N2O3/c1-23-18(15-5-3-2-4-6-15)19(22)20-16-7-9-17(10-8-16)21-11-13-24-14-12-21/h2-10,18H,11-14H2,1H3,(H,20,22). The Kier molecular flexibility index (Phi) is 5.46. The molecule has 0 aromatic heterocycles. The quantitative estimate of drug-likeness (QED) is 0.918. The molecule has 2 aromatic rings. The van der Waals surface area contributed by atoms with Gasteiger partial charge in [-0.05, 0) is 29.8 Å². The van der Waals surface area contributed by atoms with Gasteiger partial charge in [0.15, 0.2) is 6.10 Å². The summed E-state index contributed by atoms with van der Waals surface area (Å²) in [5.74, 6) is -0.178. The topological polar surface area (TPSA) is 50.8 Å². The Morgan fingerprint density at radius 1 is 1.08 bits per heavy atom. The molecule has 1 unspecified atom stereocenters. The van der Waals surface area contributed by atoms with E-state index < -0.39 is 6.10 Å². The molecule has 0 spiro atoms. The van der Waals surface area contributed by atoms with Gasteiger partial charge in [0, 0.05) is 31.6 Å². The number of anilines is 2. The number of methoxy groups -OCH3 is 1. The fourth-order valence-electron chi connectivity index (χ4n) is 2.81. The molecule has 1 fully saturated rings. The first-order valence-corrected chi connectivity index (χ1v) is 8.09. The lowest BCUT2D eigenvalue weighted by atomic mass is 10.1. The van der Waals surface area contributed by atoms with Crippen molar-refractivity contribution >= 4 is 17.3 Å². The van der Waals surface area contributed by atoms with E-state index in [1.807, 2.05) is 54.6 Å². The highest BCUT2D eigenvalue weighted by atomic mass is 16.5. The average Bonchev–Trinajstić information content (AvgIpc) is 2.64. The van der Waals surface area contributed by atoms with Crippen LogP contribution in [0.3, 0.4) is 0 Å². The van der Waals surface area contributed by atoms with Crippen molar-refractivity contribution in [2.45, 2.75) is 6.10 Å². The van der Waals surface area contributed by atoms with E-state index in [0.29, 0.717) is 0 Å². The van der Waals surface area contributed by atoms with Gasteiger partial charge in [0.25, 0.3) is 5.91 Å². The number of ether oxygens (including phenoxy) is 2. The van der Waals surface area contributed by atoms with Gasteiger partial charge in [-0.25, -0.2) is 0 Å². The maximum atomic E-state index is 12.5. The maximum Gasteiger partial charge on any atom is 0.258 e. The van der Waals surface area contributed by atoms with Gasteiger partial charge < -0.3 is 19.7 Å². The molecular weight excluding hydrogens is 304 g/mol. The van der Waals surface area contributed by atoms with Crippen LogP contribution in [-0.2, 0) is 14.3 Å². The van der Waals surface area contributed by atoms with E-state index in [4.69, 9.17) is 9.47 Å². The number of nitrogens with zero attached hydrogens (tertiary/aromatic N) is 1. The van der Waals surface area contributed by atoms with E-state index in [9.17, 15) is 4.79 Å². The minimum atomic E-state index is -0.620. The second-order valence-corrected chi connectivity index (χ2v) is 5.66. The lowest BCUT2D eigenvalue weighted by Gasteiger charge is -2.29. The molecular formula is C19H22N2O3. The first-order chi connectivity index (χ1) is 11.8. The number of hydrogen-bond donors (Lipinski definition) is 1. The van der Waals surface area contributed by atoms with Gasteiger partial charge in [-0.1, -0.05) is 30.3 Å². The SMILES string of the molecule is COC(C(=O)Nc1ccc(N2CCOCC2)cc1)c1ccccc1. The predicted octanol–water partition coefficient (Wildman–Crippen LogP) is 2.85. The van der Waals surface area contributed by atoms with Crippen LogP contribution in [0, 0.1) is 0 Å². The highest BCUT2D eigenvalue weighted by molar-refractivity contribution is 5.95. The molecule has 1 atom stereocenters. The zero-order valence-corrected chi connectivity index (χ0v) is 13.8. The van der Waals surface area contributed by atoms with Gasteiger partial charge in [-0.3, -0.25) is 4.79 Å². The minimum absolute atomic E-state index is 0.178. The third-order valence-electron chi connectivity index (χ3n) is 4.09. The van der Waals surface area contributed by atoms with Crippen LogP contribution in [0.25, 0.3) is 0 Å². The number of morpholine rings is 1. The summed E-state index contributed by atoms with van der Waals surface area (Å²) in [6.45, 7) is 3.30. The molecule has 1 aliphatic heterocycles. The van der Waals surface area contributed by atoms with Crippen molar-refractivity contribution in [3.8, 4) is 0 Å². The number of amides is 1. The summed E-state index contributed by atoms with van der Waals surface area (Å²) >= 11 is 0. The molecule has 1 N–H and O–H groups in total. The lowest BCUT2D eigenvalue weighted by molar-refractivity contribution is -0.126. The number of hydrogen-bond acceptors (Lipinski definition) is 4. The van der Waals surface area contributed by atoms with Crippen molar-refractivity contribution in [3.63, 3.8) is 0 Å². The Morgan fingerprint density at radius 3 is 2.38 bits per heavy atom. The zero-order valence-electron chi connectivity index (χ0n) is 13.8. The number of rotatable bonds is 5. The van der Waals surface area contributed by atoms with Gasteiger partial charge >= 0.3 is 0 Å². The molecule has 0 radical (unpaired) electrons. The molecule has 0 saturated carbocycles. The molecule has 3 rings (SSSR count). The molecule has 5 nitrogen and oxygen atoms in total. The van der Waals surface area contributed by atoms with Crippen molar-refractivity contribution < 1.29 is 14.3 Å². The van der Waals surface area contributed by atoms with Crippen LogP contribution in [-0.4, -0.2) is 39.3 Å². The summed E-state index contributed by atoms with van der Waals surface area (Å²) in [4.78, 5) is 14.7. The molecule has 2 aromatic carbocycles. The molecule has 1 amide bonds. The van der Waals surface area contributed by atoms with Gasteiger partial charge in [-0.15, -0.1) is 0 Å². The van der Waals surface area contributed by atoms with Crippen LogP contribution in [0.4, 0.5) is 11.4 Å². The second-order valence-electron chi connectivity index (χ2n) is 5.66. The van der Waals surface area contributed by atoms with Crippen LogP contribution in [0.5, 0.6) is 0 Å². The lowest BCUT2D eigenvalue weighted by Crippen LogP contribution is -2.36. The van der Waals surface area contributed by atoms with Crippen molar-refractivity contribution in [1.29, 1.82) is 0 Å². The summed E-state index contributed by atoms with van der Waals surface area (Å²) in [6, 6.07) is 17.3. The Bertz CT molecular complexity index is 652. The monoisotopic (exact) mass is 326 g/mol. The fourth-order valence-corrected chi connectivity index (χ4v) is 2.81. The first-order valence-electron chi connectivity index (χ1n) is 8.09. The van der Waals surface area contributed by atoms with Crippen molar-refractivity contribution in [2.24, 2.45) is 0 Å². The number of nitrogens with one attached hydrogen (secondary N) is 1. The Hall–Kier alpha value is -2.37. The van der Waals surface area contributed by atoms with Crippen LogP contribution in [0.1, 0.15) is 11.7 Å². The Morgan fingerprint density at radius 2 is 1.75 bits per heavy atom.